The minimum Gasteiger partial charge on any atom is -0.454 e. The molecular weight excluding hydrogens is 268 g/mol. The van der Waals surface area contributed by atoms with E-state index in [0.717, 1.165) is 0 Å². The van der Waals surface area contributed by atoms with Crippen LogP contribution >= 0.6 is 34.8 Å². The zero-order valence-electron chi connectivity index (χ0n) is 7.95. The molecule has 0 bridgehead atoms. The zero-order chi connectivity index (χ0) is 11.5. The fraction of sp³-hybridized carbons (Fsp3) is 0. The first-order valence-corrected chi connectivity index (χ1v) is 5.53. The summed E-state index contributed by atoms with van der Waals surface area (Å²) in [5, 5.41) is 1.42. The van der Waals surface area contributed by atoms with Gasteiger partial charge in [-0.25, -0.2) is 4.98 Å². The topological polar surface area (TPSA) is 22.1 Å². The molecule has 1 aromatic carbocycles. The normalized spacial score (nSPS) is 10.2. The summed E-state index contributed by atoms with van der Waals surface area (Å²) in [6.07, 6.45) is 1.52. The van der Waals surface area contributed by atoms with E-state index < -0.39 is 0 Å². The van der Waals surface area contributed by atoms with Crippen molar-refractivity contribution in [2.75, 3.05) is 0 Å². The van der Waals surface area contributed by atoms with Crippen molar-refractivity contribution >= 4 is 34.8 Å². The lowest BCUT2D eigenvalue weighted by Gasteiger charge is -2.07. The van der Waals surface area contributed by atoms with Gasteiger partial charge in [-0.15, -0.1) is 0 Å². The molecule has 0 spiro atoms. The molecule has 5 heteroatoms. The van der Waals surface area contributed by atoms with Crippen molar-refractivity contribution in [1.82, 2.24) is 4.98 Å². The molecular formula is C11H6Cl3NO. The van der Waals surface area contributed by atoms with Crippen LogP contribution in [0.25, 0.3) is 0 Å². The van der Waals surface area contributed by atoms with Gasteiger partial charge >= 0.3 is 0 Å². The number of benzene rings is 1. The van der Waals surface area contributed by atoms with Crippen molar-refractivity contribution in [2.45, 2.75) is 0 Å². The third-order valence-electron chi connectivity index (χ3n) is 1.82. The summed E-state index contributed by atoms with van der Waals surface area (Å²) in [6.45, 7) is 0. The molecule has 1 aromatic heterocycles. The Morgan fingerprint density at radius 3 is 2.44 bits per heavy atom. The molecule has 0 aliphatic carbocycles. The number of hydrogen-bond donors (Lipinski definition) is 0. The van der Waals surface area contributed by atoms with E-state index in [1.807, 2.05) is 0 Å². The van der Waals surface area contributed by atoms with Crippen LogP contribution in [0.5, 0.6) is 11.5 Å². The molecule has 0 saturated carbocycles. The fourth-order valence-electron chi connectivity index (χ4n) is 1.11. The molecule has 0 atom stereocenters. The lowest BCUT2D eigenvalue weighted by Crippen LogP contribution is -1.86. The zero-order valence-corrected chi connectivity index (χ0v) is 10.2. The maximum atomic E-state index is 5.95. The molecule has 0 aliphatic heterocycles. The van der Waals surface area contributed by atoms with Crippen LogP contribution in [0.3, 0.4) is 0 Å². The quantitative estimate of drug-likeness (QED) is 0.731. The second-order valence-electron chi connectivity index (χ2n) is 2.99. The summed E-state index contributed by atoms with van der Waals surface area (Å²) >= 11 is 17.4. The number of hydrogen-bond acceptors (Lipinski definition) is 2. The van der Waals surface area contributed by atoms with E-state index in [9.17, 15) is 0 Å². The van der Waals surface area contributed by atoms with Crippen LogP contribution in [0, 0.1) is 0 Å². The Morgan fingerprint density at radius 2 is 1.81 bits per heavy atom. The molecule has 16 heavy (non-hydrogen) atoms. The second kappa shape index (κ2) is 4.91. The van der Waals surface area contributed by atoms with Crippen molar-refractivity contribution in [3.63, 3.8) is 0 Å². The van der Waals surface area contributed by atoms with Crippen molar-refractivity contribution in [3.05, 3.63) is 51.7 Å². The first-order chi connectivity index (χ1) is 7.65. The van der Waals surface area contributed by atoms with Gasteiger partial charge < -0.3 is 4.74 Å². The van der Waals surface area contributed by atoms with Crippen LogP contribution in [0.4, 0.5) is 0 Å². The van der Waals surface area contributed by atoms with E-state index in [1.165, 1.54) is 6.20 Å². The van der Waals surface area contributed by atoms with Crippen LogP contribution in [0.15, 0.2) is 36.5 Å². The van der Waals surface area contributed by atoms with E-state index in [4.69, 9.17) is 39.5 Å². The number of pyridine rings is 1. The SMILES string of the molecule is Clc1ccc(Oc2ccc(Cl)nc2)c(Cl)c1. The molecule has 0 N–H and O–H groups in total. The molecule has 0 fully saturated rings. The van der Waals surface area contributed by atoms with Crippen LogP contribution in [-0.4, -0.2) is 4.98 Å². The highest BCUT2D eigenvalue weighted by Gasteiger charge is 2.04. The summed E-state index contributed by atoms with van der Waals surface area (Å²) in [5.41, 5.74) is 0. The highest BCUT2D eigenvalue weighted by Crippen LogP contribution is 2.31. The van der Waals surface area contributed by atoms with Crippen molar-refractivity contribution < 1.29 is 4.74 Å². The molecule has 0 unspecified atom stereocenters. The molecule has 1 heterocycles. The van der Waals surface area contributed by atoms with Crippen molar-refractivity contribution in [2.24, 2.45) is 0 Å². The van der Waals surface area contributed by atoms with Gasteiger partial charge in [-0.1, -0.05) is 34.8 Å². The largest absolute Gasteiger partial charge is 0.454 e. The van der Waals surface area contributed by atoms with Gasteiger partial charge in [0.1, 0.15) is 16.7 Å². The molecule has 2 rings (SSSR count). The van der Waals surface area contributed by atoms with Crippen molar-refractivity contribution in [3.8, 4) is 11.5 Å². The van der Waals surface area contributed by atoms with E-state index in [1.54, 1.807) is 30.3 Å². The van der Waals surface area contributed by atoms with Crippen LogP contribution in [0.2, 0.25) is 15.2 Å². The Kier molecular flexibility index (Phi) is 3.54. The molecule has 82 valence electrons. The van der Waals surface area contributed by atoms with E-state index in [-0.39, 0.29) is 0 Å². The Labute approximate surface area is 108 Å². The van der Waals surface area contributed by atoms with Gasteiger partial charge in [0.15, 0.2) is 0 Å². The predicted molar refractivity (Wildman–Crippen MR) is 65.8 cm³/mol. The van der Waals surface area contributed by atoms with Gasteiger partial charge in [0, 0.05) is 5.02 Å². The number of halogens is 3. The van der Waals surface area contributed by atoms with Crippen LogP contribution in [0.1, 0.15) is 0 Å². The molecule has 2 nitrogen and oxygen atoms in total. The van der Waals surface area contributed by atoms with Crippen LogP contribution < -0.4 is 4.74 Å². The third kappa shape index (κ3) is 2.79. The van der Waals surface area contributed by atoms with Gasteiger partial charge in [0.25, 0.3) is 0 Å². The number of ether oxygens (including phenoxy) is 1. The van der Waals surface area contributed by atoms with Gasteiger partial charge in [0.2, 0.25) is 0 Å². The first-order valence-electron chi connectivity index (χ1n) is 4.39. The maximum Gasteiger partial charge on any atom is 0.146 e. The molecule has 0 saturated heterocycles. The number of rotatable bonds is 2. The Balaban J connectivity index is 2.23. The Hall–Kier alpha value is -0.960. The lowest BCUT2D eigenvalue weighted by molar-refractivity contribution is 0.480. The number of nitrogens with zero attached hydrogens (tertiary/aromatic N) is 1. The Bertz CT molecular complexity index is 499. The van der Waals surface area contributed by atoms with E-state index >= 15 is 0 Å². The highest BCUT2D eigenvalue weighted by molar-refractivity contribution is 6.35. The molecule has 0 amide bonds. The second-order valence-corrected chi connectivity index (χ2v) is 4.22. The fourth-order valence-corrected chi connectivity index (χ4v) is 1.67. The van der Waals surface area contributed by atoms with Crippen LogP contribution in [-0.2, 0) is 0 Å². The minimum atomic E-state index is 0.412. The molecule has 2 aromatic rings. The average molecular weight is 275 g/mol. The maximum absolute atomic E-state index is 5.95. The van der Waals surface area contributed by atoms with Crippen molar-refractivity contribution in [1.29, 1.82) is 0 Å². The summed E-state index contributed by atoms with van der Waals surface area (Å²) < 4.78 is 5.51. The first kappa shape index (κ1) is 11.5. The summed E-state index contributed by atoms with van der Waals surface area (Å²) in [7, 11) is 0. The monoisotopic (exact) mass is 273 g/mol. The minimum absolute atomic E-state index is 0.412. The van der Waals surface area contributed by atoms with E-state index in [0.29, 0.717) is 26.7 Å². The van der Waals surface area contributed by atoms with Gasteiger partial charge in [0.05, 0.1) is 11.2 Å². The van der Waals surface area contributed by atoms with E-state index in [2.05, 4.69) is 4.98 Å². The van der Waals surface area contributed by atoms with Gasteiger partial charge in [-0.2, -0.15) is 0 Å². The summed E-state index contributed by atoms with van der Waals surface area (Å²) in [4.78, 5) is 3.89. The lowest BCUT2D eigenvalue weighted by atomic mass is 10.3. The highest BCUT2D eigenvalue weighted by atomic mass is 35.5. The average Bonchev–Trinajstić information content (AvgIpc) is 2.25. The summed E-state index contributed by atoms with van der Waals surface area (Å²) in [6, 6.07) is 8.36. The molecule has 0 radical (unpaired) electrons. The molecule has 0 aliphatic rings. The van der Waals surface area contributed by atoms with Gasteiger partial charge in [-0.3, -0.25) is 0 Å². The summed E-state index contributed by atoms with van der Waals surface area (Å²) in [5.74, 6) is 1.09. The third-order valence-corrected chi connectivity index (χ3v) is 2.58. The number of aromatic nitrogens is 1. The smallest absolute Gasteiger partial charge is 0.146 e. The van der Waals surface area contributed by atoms with Gasteiger partial charge in [-0.05, 0) is 30.3 Å². The predicted octanol–water partition coefficient (Wildman–Crippen LogP) is 4.83. The standard InChI is InChI=1S/C11H6Cl3NO/c12-7-1-3-10(9(13)5-7)16-8-2-4-11(14)15-6-8/h1-6H. The Morgan fingerprint density at radius 1 is 1.00 bits per heavy atom.